The lowest BCUT2D eigenvalue weighted by molar-refractivity contribution is 0.1000. The van der Waals surface area contributed by atoms with Crippen LogP contribution < -0.4 is 5.32 Å². The topological polar surface area (TPSA) is 113 Å². The number of carbonyl (C=O) groups is 2. The number of rotatable bonds is 10. The van der Waals surface area contributed by atoms with E-state index in [-0.39, 0.29) is 11.7 Å². The third-order valence-corrected chi connectivity index (χ3v) is 8.62. The number of aryl methyl sites for hydroxylation is 2. The molecule has 43 heavy (non-hydrogen) atoms. The van der Waals surface area contributed by atoms with Crippen molar-refractivity contribution < 1.29 is 14.7 Å². The Morgan fingerprint density at radius 2 is 1.79 bits per heavy atom. The van der Waals surface area contributed by atoms with Crippen molar-refractivity contribution in [3.05, 3.63) is 101 Å². The molecule has 1 unspecified atom stereocenters. The Hall–Kier alpha value is -4.59. The van der Waals surface area contributed by atoms with Crippen LogP contribution in [-0.2, 0) is 17.7 Å². The lowest BCUT2D eigenvalue weighted by Gasteiger charge is -2.18. The zero-order valence-electron chi connectivity index (χ0n) is 24.9. The first kappa shape index (κ1) is 31.3. The Morgan fingerprint density at radius 3 is 2.51 bits per heavy atom. The minimum absolute atomic E-state index is 0.136. The van der Waals surface area contributed by atoms with Gasteiger partial charge in [-0.1, -0.05) is 54.6 Å². The molecular formula is C33H36N6O3S. The Bertz CT molecular complexity index is 1700. The summed E-state index contributed by atoms with van der Waals surface area (Å²) in [5, 5.41) is 17.6. The Balaban J connectivity index is 1.51. The molecule has 0 saturated heterocycles. The Kier molecular flexibility index (Phi) is 11.0. The first-order valence-corrected chi connectivity index (χ1v) is 15.5. The van der Waals surface area contributed by atoms with Crippen LogP contribution in [0, 0.1) is 18.8 Å². The van der Waals surface area contributed by atoms with Gasteiger partial charge in [0.05, 0.1) is 16.2 Å². The van der Waals surface area contributed by atoms with Gasteiger partial charge in [0.25, 0.3) is 11.8 Å². The summed E-state index contributed by atoms with van der Waals surface area (Å²) in [5.41, 5.74) is 3.41. The number of phenols is 1. The van der Waals surface area contributed by atoms with Gasteiger partial charge in [-0.05, 0) is 75.4 Å². The summed E-state index contributed by atoms with van der Waals surface area (Å²) in [4.78, 5) is 33.2. The number of para-hydroxylation sites is 1. The normalized spacial score (nSPS) is 11.7. The summed E-state index contributed by atoms with van der Waals surface area (Å²) in [6.45, 7) is 8.90. The second-order valence-electron chi connectivity index (χ2n) is 9.86. The van der Waals surface area contributed by atoms with Gasteiger partial charge in [0, 0.05) is 42.0 Å². The van der Waals surface area contributed by atoms with E-state index in [1.807, 2.05) is 31.2 Å². The molecule has 10 heteroatoms. The van der Waals surface area contributed by atoms with E-state index in [1.165, 1.54) is 6.20 Å². The molecule has 2 heterocycles. The number of pyridine rings is 1. The number of phenolic OH excluding ortho intramolecular Hbond substituents is 1. The van der Waals surface area contributed by atoms with E-state index in [0.29, 0.717) is 38.7 Å². The van der Waals surface area contributed by atoms with Crippen molar-refractivity contribution in [1.29, 1.82) is 0 Å². The highest BCUT2D eigenvalue weighted by molar-refractivity contribution is 7.87. The number of nitrogens with zero attached hydrogens (tertiary/aromatic N) is 5. The monoisotopic (exact) mass is 596 g/mol. The van der Waals surface area contributed by atoms with Gasteiger partial charge >= 0.3 is 0 Å². The van der Waals surface area contributed by atoms with Crippen molar-refractivity contribution in [1.82, 2.24) is 19.7 Å². The number of hydrogen-bond acceptors (Lipinski definition) is 6. The van der Waals surface area contributed by atoms with Crippen LogP contribution in [-0.4, -0.2) is 62.0 Å². The van der Waals surface area contributed by atoms with Crippen molar-refractivity contribution >= 4 is 28.2 Å². The largest absolute Gasteiger partial charge is 0.507 e. The van der Waals surface area contributed by atoms with Gasteiger partial charge < -0.3 is 15.3 Å². The average molecular weight is 597 g/mol. The van der Waals surface area contributed by atoms with Crippen LogP contribution in [0.3, 0.4) is 0 Å². The van der Waals surface area contributed by atoms with Gasteiger partial charge in [0.2, 0.25) is 0 Å². The molecular weight excluding hydrogens is 560 g/mol. The molecule has 0 radical (unpaired) electrons. The number of aromatic nitrogens is 3. The SMILES string of the molecule is CCN(CC)CCCS(=NC(=O)c1cncc(C#Cc2cccc(NC(=O)c3cc(C)nn3C)c2)c1)c1ccccc1O. The smallest absolute Gasteiger partial charge is 0.284 e. The fraction of sp³-hybridized carbons (Fsp3) is 0.273. The number of aromatic hydroxyl groups is 1. The lowest BCUT2D eigenvalue weighted by Crippen LogP contribution is -2.25. The van der Waals surface area contributed by atoms with Crippen LogP contribution in [0.2, 0.25) is 0 Å². The number of benzene rings is 2. The van der Waals surface area contributed by atoms with Gasteiger partial charge in [0.1, 0.15) is 11.4 Å². The van der Waals surface area contributed by atoms with E-state index < -0.39 is 16.6 Å². The van der Waals surface area contributed by atoms with E-state index in [0.717, 1.165) is 31.7 Å². The zero-order valence-corrected chi connectivity index (χ0v) is 25.7. The summed E-state index contributed by atoms with van der Waals surface area (Å²) < 4.78 is 6.07. The Labute approximate surface area is 255 Å². The van der Waals surface area contributed by atoms with E-state index in [2.05, 4.69) is 50.4 Å². The number of nitrogens with one attached hydrogen (secondary N) is 1. The zero-order chi connectivity index (χ0) is 30.8. The Morgan fingerprint density at radius 1 is 1.02 bits per heavy atom. The average Bonchev–Trinajstić information content (AvgIpc) is 3.36. The van der Waals surface area contributed by atoms with E-state index in [9.17, 15) is 14.7 Å². The van der Waals surface area contributed by atoms with Crippen LogP contribution in [0.1, 0.15) is 57.9 Å². The number of anilines is 1. The van der Waals surface area contributed by atoms with Crippen LogP contribution in [0.5, 0.6) is 5.75 Å². The lowest BCUT2D eigenvalue weighted by atomic mass is 10.1. The predicted molar refractivity (Wildman–Crippen MR) is 170 cm³/mol. The third-order valence-electron chi connectivity index (χ3n) is 6.71. The summed E-state index contributed by atoms with van der Waals surface area (Å²) >= 11 is 0. The second kappa shape index (κ2) is 15.0. The molecule has 222 valence electrons. The van der Waals surface area contributed by atoms with E-state index >= 15 is 0 Å². The van der Waals surface area contributed by atoms with Crippen LogP contribution in [0.4, 0.5) is 5.69 Å². The van der Waals surface area contributed by atoms with Gasteiger partial charge in [-0.15, -0.1) is 0 Å². The highest BCUT2D eigenvalue weighted by Gasteiger charge is 2.14. The molecule has 4 rings (SSSR count). The molecule has 2 aromatic carbocycles. The van der Waals surface area contributed by atoms with Crippen LogP contribution >= 0.6 is 0 Å². The first-order chi connectivity index (χ1) is 20.8. The fourth-order valence-corrected chi connectivity index (χ4v) is 6.10. The van der Waals surface area contributed by atoms with E-state index in [4.69, 9.17) is 0 Å². The molecule has 0 fully saturated rings. The number of hydrogen-bond donors (Lipinski definition) is 2. The molecule has 2 amide bonds. The minimum Gasteiger partial charge on any atom is -0.507 e. The molecule has 9 nitrogen and oxygen atoms in total. The summed E-state index contributed by atoms with van der Waals surface area (Å²) in [6, 6.07) is 17.7. The van der Waals surface area contributed by atoms with Crippen molar-refractivity contribution in [3.63, 3.8) is 0 Å². The molecule has 0 bridgehead atoms. The summed E-state index contributed by atoms with van der Waals surface area (Å²) in [7, 11) is 0.909. The fourth-order valence-electron chi connectivity index (χ4n) is 4.44. The molecule has 0 aliphatic carbocycles. The van der Waals surface area contributed by atoms with Crippen molar-refractivity contribution in [2.75, 3.05) is 30.7 Å². The second-order valence-corrected chi connectivity index (χ2v) is 11.6. The summed E-state index contributed by atoms with van der Waals surface area (Å²) in [6.07, 6.45) is 3.92. The number of carbonyl (C=O) groups excluding carboxylic acids is 2. The molecule has 0 aliphatic heterocycles. The van der Waals surface area contributed by atoms with E-state index in [1.54, 1.807) is 54.3 Å². The predicted octanol–water partition coefficient (Wildman–Crippen LogP) is 5.21. The minimum atomic E-state index is -0.817. The standard InChI is InChI=1S/C33H36N6O3S/c1-5-39(6-2)17-10-18-43(31-14-8-7-13-30(31)40)37-32(41)27-20-26(22-34-23-27)16-15-25-11-9-12-28(21-25)35-33(42)29-19-24(3)36-38(29)4/h7-9,11-14,19-23,40H,5-6,10,17-18H2,1-4H3,(H,35,42). The third kappa shape index (κ3) is 8.70. The quantitative estimate of drug-likeness (QED) is 0.243. The van der Waals surface area contributed by atoms with Crippen molar-refractivity contribution in [2.24, 2.45) is 11.4 Å². The first-order valence-electron chi connectivity index (χ1n) is 14.1. The molecule has 0 aliphatic rings. The van der Waals surface area contributed by atoms with Gasteiger partial charge in [0.15, 0.2) is 0 Å². The highest BCUT2D eigenvalue weighted by atomic mass is 32.2. The van der Waals surface area contributed by atoms with Crippen molar-refractivity contribution in [3.8, 4) is 17.6 Å². The summed E-state index contributed by atoms with van der Waals surface area (Å²) in [5.74, 6) is 6.27. The van der Waals surface area contributed by atoms with Gasteiger partial charge in [-0.2, -0.15) is 9.46 Å². The van der Waals surface area contributed by atoms with Crippen LogP contribution in [0.15, 0.2) is 82.3 Å². The van der Waals surface area contributed by atoms with Gasteiger partial charge in [-0.3, -0.25) is 19.3 Å². The highest BCUT2D eigenvalue weighted by Crippen LogP contribution is 2.23. The molecule has 0 saturated carbocycles. The maximum absolute atomic E-state index is 13.3. The molecule has 0 spiro atoms. The molecule has 2 aromatic heterocycles. The molecule has 4 aromatic rings. The number of amides is 2. The molecule has 2 N–H and O–H groups in total. The molecule has 1 atom stereocenters. The maximum Gasteiger partial charge on any atom is 0.284 e. The van der Waals surface area contributed by atoms with Gasteiger partial charge in [-0.25, -0.2) is 0 Å². The van der Waals surface area contributed by atoms with Crippen LogP contribution in [0.25, 0.3) is 0 Å². The maximum atomic E-state index is 13.3. The van der Waals surface area contributed by atoms with Crippen molar-refractivity contribution in [2.45, 2.75) is 32.1 Å².